The van der Waals surface area contributed by atoms with Crippen molar-refractivity contribution in [2.45, 2.75) is 77.2 Å². The molecule has 0 unspecified atom stereocenters. The van der Waals surface area contributed by atoms with E-state index in [4.69, 9.17) is 4.52 Å². The van der Waals surface area contributed by atoms with Gasteiger partial charge in [-0.3, -0.25) is 4.79 Å². The SMILES string of the molecule is Cc1cc([C@H]2CCCCN2C(=O)CC23CC4CC(CC(C4)C2)C3)no1. The van der Waals surface area contributed by atoms with E-state index < -0.39 is 0 Å². The minimum atomic E-state index is 0.132. The highest BCUT2D eigenvalue weighted by Gasteiger charge is 2.52. The molecule has 25 heavy (non-hydrogen) atoms. The Morgan fingerprint density at radius 1 is 1.20 bits per heavy atom. The molecule has 1 atom stereocenters. The Kier molecular flexibility index (Phi) is 3.72. The third kappa shape index (κ3) is 2.82. The van der Waals surface area contributed by atoms with Crippen LogP contribution in [-0.4, -0.2) is 22.5 Å². The van der Waals surface area contributed by atoms with Crippen molar-refractivity contribution in [2.24, 2.45) is 23.2 Å². The molecule has 2 heterocycles. The third-order valence-corrected chi connectivity index (χ3v) is 7.50. The summed E-state index contributed by atoms with van der Waals surface area (Å²) in [5, 5.41) is 4.23. The zero-order valence-corrected chi connectivity index (χ0v) is 15.4. The van der Waals surface area contributed by atoms with Crippen LogP contribution >= 0.6 is 0 Å². The molecule has 0 aromatic carbocycles. The maximum Gasteiger partial charge on any atom is 0.223 e. The zero-order valence-electron chi connectivity index (χ0n) is 15.4. The molecule has 1 aromatic heterocycles. The van der Waals surface area contributed by atoms with Crippen molar-refractivity contribution in [1.29, 1.82) is 0 Å². The molecular formula is C21H30N2O2. The van der Waals surface area contributed by atoms with Crippen LogP contribution in [0.15, 0.2) is 10.6 Å². The molecule has 4 heteroatoms. The molecule has 0 spiro atoms. The average molecular weight is 342 g/mol. The van der Waals surface area contributed by atoms with Gasteiger partial charge in [-0.15, -0.1) is 0 Å². The van der Waals surface area contributed by atoms with E-state index in [9.17, 15) is 4.79 Å². The quantitative estimate of drug-likeness (QED) is 0.803. The molecule has 5 aliphatic rings. The maximum absolute atomic E-state index is 13.3. The van der Waals surface area contributed by atoms with E-state index in [-0.39, 0.29) is 6.04 Å². The Labute approximate surface area is 150 Å². The molecule has 1 aromatic rings. The first kappa shape index (κ1) is 15.9. The summed E-state index contributed by atoms with van der Waals surface area (Å²) >= 11 is 0. The predicted molar refractivity (Wildman–Crippen MR) is 94.8 cm³/mol. The Bertz CT molecular complexity index is 629. The summed E-state index contributed by atoms with van der Waals surface area (Å²) in [6.07, 6.45) is 12.4. The van der Waals surface area contributed by atoms with Crippen LogP contribution < -0.4 is 0 Å². The highest BCUT2D eigenvalue weighted by molar-refractivity contribution is 5.77. The summed E-state index contributed by atoms with van der Waals surface area (Å²) in [4.78, 5) is 15.5. The van der Waals surface area contributed by atoms with E-state index in [0.717, 1.165) is 55.0 Å². The third-order valence-electron chi connectivity index (χ3n) is 7.50. The van der Waals surface area contributed by atoms with Crippen LogP contribution in [0.4, 0.5) is 0 Å². The number of amides is 1. The van der Waals surface area contributed by atoms with Gasteiger partial charge in [0.25, 0.3) is 0 Å². The first-order valence-electron chi connectivity index (χ1n) is 10.3. The van der Waals surface area contributed by atoms with Gasteiger partial charge >= 0.3 is 0 Å². The zero-order chi connectivity index (χ0) is 17.0. The van der Waals surface area contributed by atoms with Gasteiger partial charge in [-0.2, -0.15) is 0 Å². The topological polar surface area (TPSA) is 46.3 Å². The number of aryl methyl sites for hydroxylation is 1. The fourth-order valence-electron chi connectivity index (χ4n) is 7.01. The molecule has 6 rings (SSSR count). The largest absolute Gasteiger partial charge is 0.361 e. The summed E-state index contributed by atoms with van der Waals surface area (Å²) in [5.74, 6) is 3.96. The van der Waals surface area contributed by atoms with Gasteiger partial charge in [0, 0.05) is 19.0 Å². The first-order chi connectivity index (χ1) is 12.1. The van der Waals surface area contributed by atoms with E-state index in [1.165, 1.54) is 44.9 Å². The minimum absolute atomic E-state index is 0.132. The van der Waals surface area contributed by atoms with Crippen LogP contribution in [0, 0.1) is 30.1 Å². The van der Waals surface area contributed by atoms with E-state index in [1.807, 2.05) is 13.0 Å². The van der Waals surface area contributed by atoms with E-state index in [0.29, 0.717) is 11.3 Å². The van der Waals surface area contributed by atoms with Gasteiger partial charge in [0.05, 0.1) is 6.04 Å². The molecule has 4 bridgehead atoms. The van der Waals surface area contributed by atoms with Gasteiger partial charge in [0.15, 0.2) is 0 Å². The highest BCUT2D eigenvalue weighted by Crippen LogP contribution is 2.61. The smallest absolute Gasteiger partial charge is 0.223 e. The fourth-order valence-corrected chi connectivity index (χ4v) is 7.01. The molecule has 5 fully saturated rings. The number of aromatic nitrogens is 1. The maximum atomic E-state index is 13.3. The number of rotatable bonds is 3. The van der Waals surface area contributed by atoms with Crippen LogP contribution in [0.1, 0.15) is 81.7 Å². The number of likely N-dealkylation sites (tertiary alicyclic amines) is 1. The minimum Gasteiger partial charge on any atom is -0.361 e. The number of carbonyl (C=O) groups excluding carboxylic acids is 1. The predicted octanol–water partition coefficient (Wildman–Crippen LogP) is 4.64. The van der Waals surface area contributed by atoms with Crippen LogP contribution in [0.5, 0.6) is 0 Å². The van der Waals surface area contributed by atoms with Gasteiger partial charge in [-0.1, -0.05) is 5.16 Å². The highest BCUT2D eigenvalue weighted by atomic mass is 16.5. The molecule has 1 aliphatic heterocycles. The van der Waals surface area contributed by atoms with Gasteiger partial charge in [0.1, 0.15) is 11.5 Å². The Morgan fingerprint density at radius 3 is 2.48 bits per heavy atom. The van der Waals surface area contributed by atoms with Crippen LogP contribution in [-0.2, 0) is 4.79 Å². The standard InChI is InChI=1S/C21H30N2O2/c1-14-6-18(22-25-14)19-4-2-3-5-23(19)20(24)13-21-10-15-7-16(11-21)9-17(8-15)12-21/h6,15-17,19H,2-5,7-13H2,1H3/t15?,16?,17?,19-,21?/m1/s1. The van der Waals surface area contributed by atoms with Gasteiger partial charge in [0.2, 0.25) is 5.91 Å². The molecule has 0 radical (unpaired) electrons. The summed E-state index contributed by atoms with van der Waals surface area (Å²) in [7, 11) is 0. The van der Waals surface area contributed by atoms with Crippen LogP contribution in [0.2, 0.25) is 0 Å². The first-order valence-corrected chi connectivity index (χ1v) is 10.3. The van der Waals surface area contributed by atoms with Crippen LogP contribution in [0.25, 0.3) is 0 Å². The summed E-state index contributed by atoms with van der Waals surface area (Å²) in [6, 6.07) is 2.15. The Hall–Kier alpha value is -1.32. The van der Waals surface area contributed by atoms with Crippen molar-refractivity contribution in [2.75, 3.05) is 6.54 Å². The second-order valence-corrected chi connectivity index (χ2v) is 9.56. The number of hydrogen-bond acceptors (Lipinski definition) is 3. The van der Waals surface area contributed by atoms with Crippen LogP contribution in [0.3, 0.4) is 0 Å². The molecule has 1 saturated heterocycles. The molecule has 4 nitrogen and oxygen atoms in total. The fraction of sp³-hybridized carbons (Fsp3) is 0.810. The lowest BCUT2D eigenvalue weighted by molar-refractivity contribution is -0.143. The van der Waals surface area contributed by atoms with Crippen molar-refractivity contribution in [3.05, 3.63) is 17.5 Å². The van der Waals surface area contributed by atoms with Crippen molar-refractivity contribution in [3.63, 3.8) is 0 Å². The second kappa shape index (κ2) is 5.85. The molecule has 136 valence electrons. The van der Waals surface area contributed by atoms with Crippen molar-refractivity contribution in [1.82, 2.24) is 10.1 Å². The average Bonchev–Trinajstić information content (AvgIpc) is 2.99. The van der Waals surface area contributed by atoms with Gasteiger partial charge < -0.3 is 9.42 Å². The number of piperidine rings is 1. The molecule has 4 aliphatic carbocycles. The summed E-state index contributed by atoms with van der Waals surface area (Å²) < 4.78 is 5.29. The molecule has 4 saturated carbocycles. The lowest BCUT2D eigenvalue weighted by Gasteiger charge is -2.57. The second-order valence-electron chi connectivity index (χ2n) is 9.56. The molecular weight excluding hydrogens is 312 g/mol. The van der Waals surface area contributed by atoms with E-state index >= 15 is 0 Å². The number of nitrogens with zero attached hydrogens (tertiary/aromatic N) is 2. The normalized spacial score (nSPS) is 39.8. The molecule has 1 amide bonds. The van der Waals surface area contributed by atoms with Gasteiger partial charge in [-0.05, 0) is 87.9 Å². The van der Waals surface area contributed by atoms with E-state index in [2.05, 4.69) is 10.1 Å². The number of hydrogen-bond donors (Lipinski definition) is 0. The van der Waals surface area contributed by atoms with Crippen molar-refractivity contribution < 1.29 is 9.32 Å². The number of carbonyl (C=O) groups is 1. The van der Waals surface area contributed by atoms with Gasteiger partial charge in [-0.25, -0.2) is 0 Å². The van der Waals surface area contributed by atoms with Crippen molar-refractivity contribution in [3.8, 4) is 0 Å². The lowest BCUT2D eigenvalue weighted by Crippen LogP contribution is -2.49. The van der Waals surface area contributed by atoms with Crippen molar-refractivity contribution >= 4 is 5.91 Å². The monoisotopic (exact) mass is 342 g/mol. The van der Waals surface area contributed by atoms with E-state index in [1.54, 1.807) is 0 Å². The summed E-state index contributed by atoms with van der Waals surface area (Å²) in [5.41, 5.74) is 1.28. The summed E-state index contributed by atoms with van der Waals surface area (Å²) in [6.45, 7) is 2.82. The molecule has 0 N–H and O–H groups in total. The lowest BCUT2D eigenvalue weighted by atomic mass is 9.49. The Balaban J connectivity index is 1.34. The Morgan fingerprint density at radius 2 is 1.88 bits per heavy atom.